The molecule has 0 aliphatic rings. The Labute approximate surface area is 107 Å². The van der Waals surface area contributed by atoms with Crippen molar-refractivity contribution in [2.75, 3.05) is 11.9 Å². The number of hydrogen-bond donors (Lipinski definition) is 2. The maximum Gasteiger partial charge on any atom is 0.196 e. The van der Waals surface area contributed by atoms with E-state index in [9.17, 15) is 4.39 Å². The number of halogens is 2. The summed E-state index contributed by atoms with van der Waals surface area (Å²) in [5.74, 6) is 0. The molecule has 0 radical (unpaired) electrons. The van der Waals surface area contributed by atoms with Gasteiger partial charge < -0.3 is 10.2 Å². The van der Waals surface area contributed by atoms with Gasteiger partial charge in [0.15, 0.2) is 6.36 Å². The van der Waals surface area contributed by atoms with Gasteiger partial charge in [0.2, 0.25) is 0 Å². The van der Waals surface area contributed by atoms with E-state index in [0.29, 0.717) is 13.0 Å². The minimum absolute atomic E-state index is 0.299. The first-order chi connectivity index (χ1) is 7.68. The standard InChI is InChI=1S/C6H13BrO.C6H13FO/c7-5-3-1-2-4-6-8;1-2-3-4-5-6(7)8/h8H,1-6H2;6,8H,2-5H2,1H3. The van der Waals surface area contributed by atoms with Crippen LogP contribution in [0.5, 0.6) is 0 Å². The van der Waals surface area contributed by atoms with Crippen LogP contribution in [-0.2, 0) is 0 Å². The number of aliphatic hydroxyl groups is 2. The predicted molar refractivity (Wildman–Crippen MR) is 70.6 cm³/mol. The van der Waals surface area contributed by atoms with E-state index in [1.807, 2.05) is 6.92 Å². The first kappa shape index (κ1) is 18.7. The number of hydrogen-bond acceptors (Lipinski definition) is 2. The molecule has 0 bridgehead atoms. The molecule has 0 aliphatic carbocycles. The second-order valence-electron chi connectivity index (χ2n) is 3.76. The van der Waals surface area contributed by atoms with Gasteiger partial charge in [0.1, 0.15) is 0 Å². The Morgan fingerprint density at radius 3 is 2.12 bits per heavy atom. The monoisotopic (exact) mass is 300 g/mol. The molecule has 2 nitrogen and oxygen atoms in total. The Bertz CT molecular complexity index is 107. The van der Waals surface area contributed by atoms with Crippen molar-refractivity contribution in [3.05, 3.63) is 0 Å². The highest BCUT2D eigenvalue weighted by Gasteiger charge is 1.96. The van der Waals surface area contributed by atoms with Crippen LogP contribution in [0.15, 0.2) is 0 Å². The fourth-order valence-corrected chi connectivity index (χ4v) is 1.52. The van der Waals surface area contributed by atoms with Gasteiger partial charge in [-0.2, -0.15) is 0 Å². The molecule has 0 rings (SSSR count). The van der Waals surface area contributed by atoms with Crippen molar-refractivity contribution in [1.82, 2.24) is 0 Å². The minimum Gasteiger partial charge on any atom is -0.396 e. The first-order valence-electron chi connectivity index (χ1n) is 6.18. The summed E-state index contributed by atoms with van der Waals surface area (Å²) in [7, 11) is 0. The molecule has 0 amide bonds. The molecule has 4 heteroatoms. The van der Waals surface area contributed by atoms with Crippen molar-refractivity contribution in [1.29, 1.82) is 0 Å². The van der Waals surface area contributed by atoms with Crippen LogP contribution in [0, 0.1) is 0 Å². The summed E-state index contributed by atoms with van der Waals surface area (Å²) in [6.45, 7) is 2.40. The number of aliphatic hydroxyl groups excluding tert-OH is 2. The smallest absolute Gasteiger partial charge is 0.196 e. The van der Waals surface area contributed by atoms with Crippen LogP contribution in [0.3, 0.4) is 0 Å². The van der Waals surface area contributed by atoms with Gasteiger partial charge in [0.05, 0.1) is 0 Å². The summed E-state index contributed by atoms with van der Waals surface area (Å²) in [6.07, 6.45) is 6.21. The molecule has 0 saturated heterocycles. The predicted octanol–water partition coefficient (Wildman–Crippen LogP) is 3.79. The van der Waals surface area contributed by atoms with Crippen LogP contribution in [0.1, 0.15) is 58.3 Å². The van der Waals surface area contributed by atoms with Gasteiger partial charge in [-0.05, 0) is 19.3 Å². The zero-order valence-corrected chi connectivity index (χ0v) is 11.9. The van der Waals surface area contributed by atoms with Crippen LogP contribution in [0.25, 0.3) is 0 Å². The first-order valence-corrected chi connectivity index (χ1v) is 7.30. The lowest BCUT2D eigenvalue weighted by Crippen LogP contribution is -1.95. The van der Waals surface area contributed by atoms with Crippen LogP contribution in [-0.4, -0.2) is 28.5 Å². The van der Waals surface area contributed by atoms with E-state index < -0.39 is 6.36 Å². The molecule has 1 atom stereocenters. The Kier molecular flexibility index (Phi) is 20.7. The summed E-state index contributed by atoms with van der Waals surface area (Å²) in [4.78, 5) is 0. The van der Waals surface area contributed by atoms with E-state index in [-0.39, 0.29) is 0 Å². The lowest BCUT2D eigenvalue weighted by atomic mass is 10.2. The summed E-state index contributed by atoms with van der Waals surface area (Å²) < 4.78 is 11.6. The Morgan fingerprint density at radius 1 is 1.06 bits per heavy atom. The van der Waals surface area contributed by atoms with Gasteiger partial charge in [0.25, 0.3) is 0 Å². The highest BCUT2D eigenvalue weighted by atomic mass is 79.9. The topological polar surface area (TPSA) is 40.5 Å². The van der Waals surface area contributed by atoms with E-state index in [1.54, 1.807) is 0 Å². The van der Waals surface area contributed by atoms with E-state index in [0.717, 1.165) is 31.0 Å². The zero-order chi connectivity index (χ0) is 12.6. The van der Waals surface area contributed by atoms with Gasteiger partial charge in [-0.15, -0.1) is 0 Å². The Hall–Kier alpha value is 0.330. The second kappa shape index (κ2) is 17.7. The third-order valence-corrected chi connectivity index (χ3v) is 2.65. The quantitative estimate of drug-likeness (QED) is 0.502. The van der Waals surface area contributed by atoms with Crippen molar-refractivity contribution in [3.63, 3.8) is 0 Å². The Balaban J connectivity index is 0. The van der Waals surface area contributed by atoms with E-state index >= 15 is 0 Å². The molecular formula is C12H26BrFO2. The summed E-state index contributed by atoms with van der Waals surface area (Å²) >= 11 is 3.34. The number of unbranched alkanes of at least 4 members (excludes halogenated alkanes) is 5. The Morgan fingerprint density at radius 2 is 1.69 bits per heavy atom. The fraction of sp³-hybridized carbons (Fsp3) is 1.00. The van der Waals surface area contributed by atoms with E-state index in [4.69, 9.17) is 10.2 Å². The number of alkyl halides is 2. The molecule has 100 valence electrons. The lowest BCUT2D eigenvalue weighted by Gasteiger charge is -1.96. The van der Waals surface area contributed by atoms with Crippen LogP contribution < -0.4 is 0 Å². The molecule has 0 spiro atoms. The van der Waals surface area contributed by atoms with Crippen molar-refractivity contribution in [2.24, 2.45) is 0 Å². The maximum atomic E-state index is 11.6. The van der Waals surface area contributed by atoms with Crippen molar-refractivity contribution in [3.8, 4) is 0 Å². The molecule has 0 aromatic heterocycles. The van der Waals surface area contributed by atoms with Crippen molar-refractivity contribution in [2.45, 2.75) is 64.6 Å². The molecule has 0 aromatic carbocycles. The summed E-state index contributed by atoms with van der Waals surface area (Å²) in [5, 5.41) is 17.6. The molecule has 0 aliphatic heterocycles. The van der Waals surface area contributed by atoms with Crippen LogP contribution >= 0.6 is 15.9 Å². The van der Waals surface area contributed by atoms with Crippen LogP contribution in [0.4, 0.5) is 4.39 Å². The average Bonchev–Trinajstić information content (AvgIpc) is 2.25. The van der Waals surface area contributed by atoms with Gasteiger partial charge in [0, 0.05) is 18.4 Å². The fourth-order valence-electron chi connectivity index (χ4n) is 1.12. The SMILES string of the molecule is CCCCCC(O)F.OCCCCCCBr. The molecule has 16 heavy (non-hydrogen) atoms. The van der Waals surface area contributed by atoms with Crippen molar-refractivity contribution >= 4 is 15.9 Å². The van der Waals surface area contributed by atoms with Gasteiger partial charge in [-0.1, -0.05) is 48.5 Å². The van der Waals surface area contributed by atoms with Crippen LogP contribution in [0.2, 0.25) is 0 Å². The summed E-state index contributed by atoms with van der Waals surface area (Å²) in [5.41, 5.74) is 0. The zero-order valence-electron chi connectivity index (χ0n) is 10.3. The van der Waals surface area contributed by atoms with Gasteiger partial charge >= 0.3 is 0 Å². The molecule has 0 fully saturated rings. The average molecular weight is 301 g/mol. The van der Waals surface area contributed by atoms with Gasteiger partial charge in [-0.3, -0.25) is 0 Å². The van der Waals surface area contributed by atoms with E-state index in [1.165, 1.54) is 19.3 Å². The second-order valence-corrected chi connectivity index (χ2v) is 4.55. The third-order valence-electron chi connectivity index (χ3n) is 2.09. The molecule has 0 heterocycles. The molecule has 1 unspecified atom stereocenters. The highest BCUT2D eigenvalue weighted by Crippen LogP contribution is 2.02. The minimum atomic E-state index is -1.60. The summed E-state index contributed by atoms with van der Waals surface area (Å²) in [6, 6.07) is 0. The molecule has 0 saturated carbocycles. The molecule has 0 aromatic rings. The molecular weight excluding hydrogens is 275 g/mol. The highest BCUT2D eigenvalue weighted by molar-refractivity contribution is 9.09. The van der Waals surface area contributed by atoms with Gasteiger partial charge in [-0.25, -0.2) is 4.39 Å². The maximum absolute atomic E-state index is 11.6. The van der Waals surface area contributed by atoms with E-state index in [2.05, 4.69) is 15.9 Å². The largest absolute Gasteiger partial charge is 0.396 e. The normalized spacial score (nSPS) is 11.8. The molecule has 2 N–H and O–H groups in total. The van der Waals surface area contributed by atoms with Crippen molar-refractivity contribution < 1.29 is 14.6 Å². The lowest BCUT2D eigenvalue weighted by molar-refractivity contribution is 0.0324. The number of rotatable bonds is 9. The third kappa shape index (κ3) is 23.9.